The van der Waals surface area contributed by atoms with Crippen molar-refractivity contribution in [2.24, 2.45) is 14.1 Å². The molecule has 0 saturated heterocycles. The zero-order chi connectivity index (χ0) is 19.4. The van der Waals surface area contributed by atoms with Crippen LogP contribution in [0.15, 0.2) is 14.7 Å². The molecule has 1 amide bonds. The summed E-state index contributed by atoms with van der Waals surface area (Å²) in [6, 6.07) is 0. The highest BCUT2D eigenvalue weighted by atomic mass is 32.2. The third-order valence-corrected chi connectivity index (χ3v) is 5.45. The van der Waals surface area contributed by atoms with E-state index in [0.29, 0.717) is 36.0 Å². The molecule has 0 atom stereocenters. The summed E-state index contributed by atoms with van der Waals surface area (Å²) in [4.78, 5) is 43.4. The van der Waals surface area contributed by atoms with Gasteiger partial charge in [-0.3, -0.25) is 18.7 Å². The Kier molecular flexibility index (Phi) is 6.69. The Morgan fingerprint density at radius 3 is 2.35 bits per heavy atom. The second kappa shape index (κ2) is 8.57. The molecule has 0 aliphatic heterocycles. The van der Waals surface area contributed by atoms with Gasteiger partial charge >= 0.3 is 5.69 Å². The van der Waals surface area contributed by atoms with Gasteiger partial charge in [0.15, 0.2) is 16.3 Å². The van der Waals surface area contributed by atoms with Crippen LogP contribution in [0.3, 0.4) is 0 Å². The molecule has 8 nitrogen and oxygen atoms in total. The highest BCUT2D eigenvalue weighted by Gasteiger charge is 2.20. The molecule has 9 heteroatoms. The Morgan fingerprint density at radius 1 is 1.12 bits per heavy atom. The Labute approximate surface area is 156 Å². The van der Waals surface area contributed by atoms with Gasteiger partial charge in [0.1, 0.15) is 0 Å². The topological polar surface area (TPSA) is 82.1 Å². The number of hydrogen-bond acceptors (Lipinski definition) is 5. The minimum absolute atomic E-state index is 0.0379. The molecule has 0 spiro atoms. The zero-order valence-corrected chi connectivity index (χ0v) is 16.9. The first-order valence-electron chi connectivity index (χ1n) is 8.94. The van der Waals surface area contributed by atoms with E-state index in [4.69, 9.17) is 0 Å². The number of aromatic nitrogens is 4. The van der Waals surface area contributed by atoms with Gasteiger partial charge in [-0.2, -0.15) is 0 Å². The van der Waals surface area contributed by atoms with Crippen molar-refractivity contribution in [1.29, 1.82) is 0 Å². The Morgan fingerprint density at radius 2 is 1.77 bits per heavy atom. The van der Waals surface area contributed by atoms with Crippen LogP contribution in [0.25, 0.3) is 11.2 Å². The lowest BCUT2D eigenvalue weighted by Gasteiger charge is -2.18. The molecule has 26 heavy (non-hydrogen) atoms. The molecule has 0 aliphatic rings. The number of thioether (sulfide) groups is 1. The molecule has 0 unspecified atom stereocenters. The zero-order valence-electron chi connectivity index (χ0n) is 16.1. The molecular formula is C17H27N5O3S. The van der Waals surface area contributed by atoms with E-state index in [2.05, 4.69) is 11.9 Å². The van der Waals surface area contributed by atoms with Crippen LogP contribution in [0.5, 0.6) is 0 Å². The van der Waals surface area contributed by atoms with Crippen LogP contribution >= 0.6 is 11.8 Å². The molecule has 0 aromatic carbocycles. The first-order chi connectivity index (χ1) is 12.4. The Bertz CT molecular complexity index is 908. The maximum atomic E-state index is 12.6. The van der Waals surface area contributed by atoms with Crippen molar-refractivity contribution >= 4 is 28.8 Å². The molecule has 0 N–H and O–H groups in total. The van der Waals surface area contributed by atoms with E-state index in [-0.39, 0.29) is 17.2 Å². The van der Waals surface area contributed by atoms with Crippen LogP contribution in [0, 0.1) is 0 Å². The number of amides is 1. The predicted molar refractivity (Wildman–Crippen MR) is 104 cm³/mol. The third-order valence-electron chi connectivity index (χ3n) is 4.49. The van der Waals surface area contributed by atoms with Crippen LogP contribution in [0.1, 0.15) is 33.6 Å². The van der Waals surface area contributed by atoms with Crippen molar-refractivity contribution in [2.45, 2.75) is 45.3 Å². The van der Waals surface area contributed by atoms with E-state index in [1.807, 2.05) is 18.4 Å². The monoisotopic (exact) mass is 381 g/mol. The number of imidazole rings is 1. The molecule has 0 aliphatic carbocycles. The summed E-state index contributed by atoms with van der Waals surface area (Å²) in [5.74, 6) is 0.293. The molecule has 0 bridgehead atoms. The fourth-order valence-electron chi connectivity index (χ4n) is 2.85. The minimum atomic E-state index is -0.404. The molecule has 2 aromatic heterocycles. The van der Waals surface area contributed by atoms with Gasteiger partial charge in [-0.15, -0.1) is 0 Å². The number of nitrogens with zero attached hydrogens (tertiary/aromatic N) is 5. The molecule has 144 valence electrons. The largest absolute Gasteiger partial charge is 0.343 e. The van der Waals surface area contributed by atoms with E-state index >= 15 is 0 Å². The summed E-state index contributed by atoms with van der Waals surface area (Å²) in [5.41, 5.74) is 0.0276. The van der Waals surface area contributed by atoms with Crippen LogP contribution in [-0.4, -0.2) is 48.3 Å². The molecule has 0 radical (unpaired) electrons. The summed E-state index contributed by atoms with van der Waals surface area (Å²) in [5, 5.41) is 0.604. The SMILES string of the molecule is CCCCn1c(SCC(=O)N(CC)CC)nc2c1c(=O)n(C)c(=O)n2C. The third kappa shape index (κ3) is 3.72. The molecule has 0 fully saturated rings. The van der Waals surface area contributed by atoms with Gasteiger partial charge in [-0.25, -0.2) is 9.78 Å². The van der Waals surface area contributed by atoms with Crippen LogP contribution in [0.4, 0.5) is 0 Å². The number of rotatable bonds is 8. The highest BCUT2D eigenvalue weighted by Crippen LogP contribution is 2.22. The summed E-state index contributed by atoms with van der Waals surface area (Å²) < 4.78 is 4.33. The lowest BCUT2D eigenvalue weighted by molar-refractivity contribution is -0.127. The van der Waals surface area contributed by atoms with Crippen molar-refractivity contribution in [3.05, 3.63) is 20.8 Å². The van der Waals surface area contributed by atoms with Crippen molar-refractivity contribution in [3.8, 4) is 0 Å². The van der Waals surface area contributed by atoms with E-state index in [0.717, 1.165) is 17.4 Å². The lowest BCUT2D eigenvalue weighted by atomic mass is 10.3. The van der Waals surface area contributed by atoms with Crippen molar-refractivity contribution < 1.29 is 4.79 Å². The first kappa shape index (κ1) is 20.3. The average molecular weight is 382 g/mol. The van der Waals surface area contributed by atoms with Gasteiger partial charge in [-0.1, -0.05) is 25.1 Å². The van der Waals surface area contributed by atoms with Gasteiger partial charge in [0.05, 0.1) is 5.75 Å². The Hall–Kier alpha value is -2.03. The van der Waals surface area contributed by atoms with Crippen LogP contribution in [-0.2, 0) is 25.4 Å². The number of unbranched alkanes of at least 4 members (excludes halogenated alkanes) is 1. The van der Waals surface area contributed by atoms with Gasteiger partial charge in [0.2, 0.25) is 5.91 Å². The van der Waals surface area contributed by atoms with E-state index in [1.165, 1.54) is 23.4 Å². The molecule has 0 saturated carbocycles. The number of aryl methyl sites for hydroxylation is 2. The number of hydrogen-bond donors (Lipinski definition) is 0. The Balaban J connectivity index is 2.50. The lowest BCUT2D eigenvalue weighted by Crippen LogP contribution is -2.37. The summed E-state index contributed by atoms with van der Waals surface area (Å²) in [6.45, 7) is 7.92. The second-order valence-electron chi connectivity index (χ2n) is 6.13. The minimum Gasteiger partial charge on any atom is -0.343 e. The fraction of sp³-hybridized carbons (Fsp3) is 0.647. The normalized spacial score (nSPS) is 11.3. The predicted octanol–water partition coefficient (Wildman–Crippen LogP) is 1.19. The number of fused-ring (bicyclic) bond motifs is 1. The smallest absolute Gasteiger partial charge is 0.332 e. The molecule has 2 aromatic rings. The van der Waals surface area contributed by atoms with Crippen LogP contribution < -0.4 is 11.2 Å². The number of carbonyl (C=O) groups excluding carboxylic acids is 1. The van der Waals surface area contributed by atoms with Gasteiger partial charge in [0, 0.05) is 33.7 Å². The summed E-state index contributed by atoms with van der Waals surface area (Å²) in [6.07, 6.45) is 1.85. The van der Waals surface area contributed by atoms with E-state index in [9.17, 15) is 14.4 Å². The van der Waals surface area contributed by atoms with Gasteiger partial charge < -0.3 is 9.47 Å². The number of carbonyl (C=O) groups is 1. The van der Waals surface area contributed by atoms with Gasteiger partial charge in [0.25, 0.3) is 5.56 Å². The molecule has 2 heterocycles. The van der Waals surface area contributed by atoms with Crippen molar-refractivity contribution in [1.82, 2.24) is 23.6 Å². The summed E-state index contributed by atoms with van der Waals surface area (Å²) in [7, 11) is 3.08. The van der Waals surface area contributed by atoms with Crippen molar-refractivity contribution in [2.75, 3.05) is 18.8 Å². The second-order valence-corrected chi connectivity index (χ2v) is 7.07. The summed E-state index contributed by atoms with van der Waals surface area (Å²) >= 11 is 1.32. The van der Waals surface area contributed by atoms with E-state index in [1.54, 1.807) is 11.9 Å². The quantitative estimate of drug-likeness (QED) is 0.642. The maximum Gasteiger partial charge on any atom is 0.332 e. The highest BCUT2D eigenvalue weighted by molar-refractivity contribution is 7.99. The van der Waals surface area contributed by atoms with Gasteiger partial charge in [-0.05, 0) is 20.3 Å². The van der Waals surface area contributed by atoms with E-state index < -0.39 is 5.69 Å². The standard InChI is InChI=1S/C17H27N5O3S/c1-6-9-10-22-13-14(19(4)17(25)20(5)15(13)24)18-16(22)26-11-12(23)21(7-2)8-3/h6-11H2,1-5H3. The van der Waals surface area contributed by atoms with Crippen LogP contribution in [0.2, 0.25) is 0 Å². The van der Waals surface area contributed by atoms with Crippen molar-refractivity contribution in [3.63, 3.8) is 0 Å². The maximum absolute atomic E-state index is 12.6. The first-order valence-corrected chi connectivity index (χ1v) is 9.92. The fourth-order valence-corrected chi connectivity index (χ4v) is 3.78. The molecular weight excluding hydrogens is 354 g/mol. The molecule has 2 rings (SSSR count). The average Bonchev–Trinajstić information content (AvgIpc) is 3.00.